The molecule has 0 saturated heterocycles. The first-order valence-electron chi connectivity index (χ1n) is 27.2. The molecule has 12 aromatic carbocycles. The van der Waals surface area contributed by atoms with Crippen LogP contribution in [0.3, 0.4) is 0 Å². The van der Waals surface area contributed by atoms with E-state index in [1.54, 1.807) is 56.2 Å². The van der Waals surface area contributed by atoms with Gasteiger partial charge in [-0.05, 0) is 62.0 Å². The van der Waals surface area contributed by atoms with Gasteiger partial charge in [-0.25, -0.2) is 29.9 Å². The minimum absolute atomic E-state index is 0.949. The Hall–Kier alpha value is -11.8. The second-order valence-electron chi connectivity index (χ2n) is 19.3. The van der Waals surface area contributed by atoms with Crippen LogP contribution in [-0.2, 0) is 0 Å². The van der Waals surface area contributed by atoms with Crippen LogP contribution in [0.4, 0.5) is 0 Å². The molecule has 0 saturated carbocycles. The summed E-state index contributed by atoms with van der Waals surface area (Å²) in [4.78, 5) is 50.7. The van der Waals surface area contributed by atoms with Crippen LogP contribution >= 0.6 is 0 Å². The van der Waals surface area contributed by atoms with Gasteiger partial charge in [-0.1, -0.05) is 194 Å². The first-order valence-corrected chi connectivity index (χ1v) is 27.2. The van der Waals surface area contributed by atoms with Crippen molar-refractivity contribution in [2.75, 3.05) is 0 Å². The van der Waals surface area contributed by atoms with Crippen LogP contribution in [0, 0.1) is 0 Å². The second-order valence-corrected chi connectivity index (χ2v) is 19.3. The van der Waals surface area contributed by atoms with E-state index < -0.39 is 0 Å². The summed E-state index contributed by atoms with van der Waals surface area (Å²) in [6.07, 6.45) is 20.7. The van der Waals surface area contributed by atoms with Gasteiger partial charge in [0.1, 0.15) is 19.0 Å². The molecule has 0 spiro atoms. The van der Waals surface area contributed by atoms with Crippen LogP contribution in [-0.4, -0.2) is 59.8 Å². The third-order valence-corrected chi connectivity index (χ3v) is 14.3. The maximum absolute atomic E-state index is 4.50. The number of hydrogen-bond donors (Lipinski definition) is 0. The highest BCUT2D eigenvalue weighted by Crippen LogP contribution is 2.34. The van der Waals surface area contributed by atoms with E-state index in [1.165, 1.54) is 59.2 Å². The van der Waals surface area contributed by atoms with E-state index in [1.807, 2.05) is 110 Å². The molecule has 6 aromatic heterocycles. The zero-order valence-electron chi connectivity index (χ0n) is 45.1. The molecule has 6 heterocycles. The van der Waals surface area contributed by atoms with Crippen LogP contribution in [0.1, 0.15) is 0 Å². The Morgan fingerprint density at radius 2 is 0.512 bits per heavy atom. The molecule has 0 bridgehead atoms. The lowest BCUT2D eigenvalue weighted by atomic mass is 9.98. The predicted octanol–water partition coefficient (Wildman–Crippen LogP) is 16.7. The van der Waals surface area contributed by atoms with Gasteiger partial charge >= 0.3 is 0 Å². The van der Waals surface area contributed by atoms with Gasteiger partial charge in [0.15, 0.2) is 0 Å². The molecule has 0 aliphatic heterocycles. The summed E-state index contributed by atoms with van der Waals surface area (Å²) in [5.41, 5.74) is 8.83. The lowest BCUT2D eigenvalue weighted by Gasteiger charge is -2.08. The summed E-state index contributed by atoms with van der Waals surface area (Å²) >= 11 is 0. The Morgan fingerprint density at radius 1 is 0.167 bits per heavy atom. The summed E-state index contributed by atoms with van der Waals surface area (Å²) in [6, 6.07) is 74.0. The third kappa shape index (κ3) is 10.8. The largest absolute Gasteiger partial charge is 0.253 e. The van der Waals surface area contributed by atoms with Crippen LogP contribution in [0.2, 0.25) is 0 Å². The molecule has 0 atom stereocenters. The van der Waals surface area contributed by atoms with Crippen molar-refractivity contribution in [3.8, 4) is 0 Å². The third-order valence-electron chi connectivity index (χ3n) is 14.3. The highest BCUT2D eigenvalue weighted by Gasteiger charge is 2.10. The monoisotopic (exact) mass is 1080 g/mol. The topological polar surface area (TPSA) is 155 Å². The lowest BCUT2D eigenvalue weighted by molar-refractivity contribution is 1.22. The van der Waals surface area contributed by atoms with Crippen LogP contribution < -0.4 is 0 Å². The molecule has 0 fully saturated rings. The number of hydrogen-bond acceptors (Lipinski definition) is 12. The fourth-order valence-corrected chi connectivity index (χ4v) is 10.5. The normalized spacial score (nSPS) is 10.9. The summed E-state index contributed by atoms with van der Waals surface area (Å²) in [5.74, 6) is 0. The predicted molar refractivity (Wildman–Crippen MR) is 342 cm³/mol. The summed E-state index contributed by atoms with van der Waals surface area (Å²) < 4.78 is 0. The van der Waals surface area contributed by atoms with Crippen molar-refractivity contribution in [1.29, 1.82) is 0 Å². The molecule has 0 aliphatic carbocycles. The molecule has 12 heteroatoms. The van der Waals surface area contributed by atoms with Gasteiger partial charge in [0, 0.05) is 98.9 Å². The van der Waals surface area contributed by atoms with Crippen LogP contribution in [0.5, 0.6) is 0 Å². The highest BCUT2D eigenvalue weighted by atomic mass is 14.8. The van der Waals surface area contributed by atoms with E-state index in [4.69, 9.17) is 0 Å². The molecule has 12 nitrogen and oxygen atoms in total. The average Bonchev–Trinajstić information content (AvgIpc) is 2.45. The highest BCUT2D eigenvalue weighted by molar-refractivity contribution is 6.24. The Bertz CT molecular complexity index is 4320. The molecule has 0 amide bonds. The molecular formula is C72H48N12. The maximum Gasteiger partial charge on any atom is 0.116 e. The first kappa shape index (κ1) is 51.7. The molecule has 18 rings (SSSR count). The van der Waals surface area contributed by atoms with Gasteiger partial charge in [0.25, 0.3) is 0 Å². The number of fused-ring (bicyclic) bond motifs is 20. The van der Waals surface area contributed by atoms with Gasteiger partial charge in [0.2, 0.25) is 0 Å². The summed E-state index contributed by atoms with van der Waals surface area (Å²) in [7, 11) is 0. The van der Waals surface area contributed by atoms with Crippen molar-refractivity contribution in [1.82, 2.24) is 59.8 Å². The van der Waals surface area contributed by atoms with E-state index in [9.17, 15) is 0 Å². The van der Waals surface area contributed by atoms with Crippen molar-refractivity contribution in [2.45, 2.75) is 0 Å². The molecule has 0 radical (unpaired) electrons. The van der Waals surface area contributed by atoms with Crippen LogP contribution in [0.15, 0.2) is 293 Å². The Kier molecular flexibility index (Phi) is 15.0. The molecule has 0 N–H and O–H groups in total. The maximum atomic E-state index is 4.50. The lowest BCUT2D eigenvalue weighted by Crippen LogP contribution is -1.87. The molecule has 84 heavy (non-hydrogen) atoms. The summed E-state index contributed by atoms with van der Waals surface area (Å²) in [5, 5.41) is 17.8. The van der Waals surface area contributed by atoms with E-state index in [0.29, 0.717) is 0 Å². The van der Waals surface area contributed by atoms with Crippen molar-refractivity contribution in [2.24, 2.45) is 0 Å². The number of rotatable bonds is 0. The minimum atomic E-state index is 0.949. The first-order chi connectivity index (χ1) is 41.7. The summed E-state index contributed by atoms with van der Waals surface area (Å²) in [6.45, 7) is 0. The number of benzene rings is 12. The molecular weight excluding hydrogens is 1030 g/mol. The molecule has 0 unspecified atom stereocenters. The number of nitrogens with zero attached hydrogens (tertiary/aromatic N) is 12. The fraction of sp³-hybridized carbons (Fsp3) is 0. The smallest absolute Gasteiger partial charge is 0.116 e. The molecule has 396 valence electrons. The van der Waals surface area contributed by atoms with E-state index >= 15 is 0 Å². The van der Waals surface area contributed by atoms with Crippen molar-refractivity contribution in [3.63, 3.8) is 0 Å². The Labute approximate surface area is 481 Å². The second kappa shape index (κ2) is 24.3. The fourth-order valence-electron chi connectivity index (χ4n) is 10.5. The standard InChI is InChI=1S/2C16H10N2.2C12H8N2.2C8H6N2/c1-3-7-13-11(5-1)12-6-2-4-8-14(12)16-15(13)17-9-10-18-16;1-2-7-13-11(5-1)12-6-3-4-8-14(12)16-15(13)9-17-10-18-16;1-2-4-11-9(3-1)5-6-10-7-13-8-14-12(10)11;1-2-4-10-9(3-1)5-6-11-12(10)14-8-7-13-11;1-2-4-8-7(3-1)5-9-6-10-8;1-2-4-8-7(3-1)9-5-6-10-8/h2*1-10H;2*1-8H;2*1-6H. The van der Waals surface area contributed by atoms with Gasteiger partial charge in [-0.15, -0.1) is 0 Å². The van der Waals surface area contributed by atoms with Gasteiger partial charge in [-0.2, -0.15) is 0 Å². The van der Waals surface area contributed by atoms with Gasteiger partial charge in [0.05, 0.1) is 49.7 Å². The van der Waals surface area contributed by atoms with Crippen molar-refractivity contribution in [3.05, 3.63) is 293 Å². The Balaban J connectivity index is 0.0000000954. The number of para-hydroxylation sites is 3. The zero-order valence-corrected chi connectivity index (χ0v) is 45.1. The quantitative estimate of drug-likeness (QED) is 0.133. The van der Waals surface area contributed by atoms with E-state index in [0.717, 1.165) is 71.2 Å². The minimum Gasteiger partial charge on any atom is -0.253 e. The zero-order chi connectivity index (χ0) is 56.3. The number of aromatic nitrogens is 12. The van der Waals surface area contributed by atoms with Crippen LogP contribution in [0.25, 0.3) is 130 Å². The van der Waals surface area contributed by atoms with Crippen molar-refractivity contribution >= 4 is 130 Å². The SMILES string of the molecule is c1ccc2c(c1)c1ccccc1c1nccnc21.c1ccc2c(c1)c1ccccc1c1ncncc21.c1ccc2c(c1)ccc1cncnc12.c1ccc2c(c1)ccc1nccnc12.c1ccc2nccnc2c1.c1ccc2ncncc2c1. The average molecular weight is 1080 g/mol. The van der Waals surface area contributed by atoms with E-state index in [2.05, 4.69) is 187 Å². The molecule has 18 aromatic rings. The van der Waals surface area contributed by atoms with E-state index in [-0.39, 0.29) is 0 Å². The Morgan fingerprint density at radius 3 is 1.07 bits per heavy atom. The van der Waals surface area contributed by atoms with Gasteiger partial charge < -0.3 is 0 Å². The van der Waals surface area contributed by atoms with Crippen molar-refractivity contribution < 1.29 is 0 Å². The molecule has 0 aliphatic rings. The van der Waals surface area contributed by atoms with Gasteiger partial charge in [-0.3, -0.25) is 29.9 Å².